The Kier molecular flexibility index (Phi) is 4.61. The summed E-state index contributed by atoms with van der Waals surface area (Å²) in [5, 5.41) is 19.8. The lowest BCUT2D eigenvalue weighted by molar-refractivity contribution is 0.0720. The van der Waals surface area contributed by atoms with Crippen LogP contribution in [0.25, 0.3) is 0 Å². The zero-order chi connectivity index (χ0) is 16.3. The molecule has 0 aliphatic rings. The molecule has 5 heteroatoms. The van der Waals surface area contributed by atoms with Crippen molar-refractivity contribution >= 4 is 28.6 Å². The maximum absolute atomic E-state index is 12.4. The molecule has 3 aromatic rings. The summed E-state index contributed by atoms with van der Waals surface area (Å²) in [5.41, 5.74) is 1.15. The third-order valence-electron chi connectivity index (χ3n) is 3.82. The Morgan fingerprint density at radius 1 is 1.17 bits per heavy atom. The van der Waals surface area contributed by atoms with Gasteiger partial charge < -0.3 is 10.4 Å². The molecule has 0 aliphatic heterocycles. The average molecular weight is 343 g/mol. The minimum absolute atomic E-state index is 0.136. The van der Waals surface area contributed by atoms with Crippen LogP contribution in [0, 0.1) is 6.92 Å². The molecule has 0 spiro atoms. The first kappa shape index (κ1) is 15.9. The number of rotatable bonds is 5. The second-order valence-electron chi connectivity index (χ2n) is 5.35. The SMILES string of the molecule is Cc1ccccc1C(=O)NC[C@@](O)(c1ccsc1)c1cccs1. The third-order valence-corrected chi connectivity index (χ3v) is 5.53. The van der Waals surface area contributed by atoms with E-state index in [0.29, 0.717) is 5.56 Å². The fourth-order valence-corrected chi connectivity index (χ4v) is 4.05. The highest BCUT2D eigenvalue weighted by Crippen LogP contribution is 2.33. The monoisotopic (exact) mass is 343 g/mol. The summed E-state index contributed by atoms with van der Waals surface area (Å²) >= 11 is 3.01. The molecule has 0 saturated carbocycles. The Balaban J connectivity index is 1.84. The first-order chi connectivity index (χ1) is 11.1. The van der Waals surface area contributed by atoms with Gasteiger partial charge >= 0.3 is 0 Å². The Hall–Kier alpha value is -1.95. The number of aryl methyl sites for hydroxylation is 1. The minimum atomic E-state index is -1.20. The normalized spacial score (nSPS) is 13.5. The van der Waals surface area contributed by atoms with Crippen molar-refractivity contribution in [3.63, 3.8) is 0 Å². The predicted octanol–water partition coefficient (Wildman–Crippen LogP) is 3.78. The molecule has 1 amide bonds. The van der Waals surface area contributed by atoms with Crippen LogP contribution in [0.2, 0.25) is 0 Å². The van der Waals surface area contributed by atoms with Crippen LogP contribution in [0.1, 0.15) is 26.4 Å². The Labute approximate surface area is 143 Å². The second-order valence-corrected chi connectivity index (χ2v) is 7.07. The quantitative estimate of drug-likeness (QED) is 0.740. The lowest BCUT2D eigenvalue weighted by atomic mass is 9.94. The van der Waals surface area contributed by atoms with Gasteiger partial charge in [0.1, 0.15) is 5.60 Å². The van der Waals surface area contributed by atoms with Crippen LogP contribution in [-0.4, -0.2) is 17.6 Å². The number of carbonyl (C=O) groups excluding carboxylic acids is 1. The zero-order valence-electron chi connectivity index (χ0n) is 12.7. The van der Waals surface area contributed by atoms with Crippen LogP contribution in [0.4, 0.5) is 0 Å². The van der Waals surface area contributed by atoms with Crippen molar-refractivity contribution in [3.8, 4) is 0 Å². The Morgan fingerprint density at radius 3 is 2.65 bits per heavy atom. The van der Waals surface area contributed by atoms with Crippen LogP contribution >= 0.6 is 22.7 Å². The van der Waals surface area contributed by atoms with Crippen LogP contribution in [0.5, 0.6) is 0 Å². The van der Waals surface area contributed by atoms with Gasteiger partial charge in [-0.05, 0) is 46.8 Å². The van der Waals surface area contributed by atoms with Gasteiger partial charge in [-0.2, -0.15) is 11.3 Å². The van der Waals surface area contributed by atoms with E-state index in [1.165, 1.54) is 22.7 Å². The number of thiophene rings is 2. The highest BCUT2D eigenvalue weighted by atomic mass is 32.1. The predicted molar refractivity (Wildman–Crippen MR) is 95.1 cm³/mol. The van der Waals surface area contributed by atoms with Gasteiger partial charge in [0.2, 0.25) is 0 Å². The number of amides is 1. The molecule has 0 radical (unpaired) electrons. The van der Waals surface area contributed by atoms with Crippen molar-refractivity contribution in [3.05, 3.63) is 80.2 Å². The highest BCUT2D eigenvalue weighted by molar-refractivity contribution is 7.10. The molecule has 1 atom stereocenters. The van der Waals surface area contributed by atoms with Crippen molar-refractivity contribution in [2.75, 3.05) is 6.54 Å². The summed E-state index contributed by atoms with van der Waals surface area (Å²) in [6.07, 6.45) is 0. The van der Waals surface area contributed by atoms with Gasteiger partial charge in [0, 0.05) is 16.0 Å². The summed E-state index contributed by atoms with van der Waals surface area (Å²) in [5.74, 6) is -0.173. The molecule has 1 aromatic carbocycles. The minimum Gasteiger partial charge on any atom is -0.378 e. The lowest BCUT2D eigenvalue weighted by Gasteiger charge is -2.27. The van der Waals surface area contributed by atoms with Gasteiger partial charge in [0.25, 0.3) is 5.91 Å². The highest BCUT2D eigenvalue weighted by Gasteiger charge is 2.33. The lowest BCUT2D eigenvalue weighted by Crippen LogP contribution is -2.41. The van der Waals surface area contributed by atoms with E-state index in [-0.39, 0.29) is 12.5 Å². The van der Waals surface area contributed by atoms with Crippen LogP contribution in [0.3, 0.4) is 0 Å². The molecule has 0 unspecified atom stereocenters. The summed E-state index contributed by atoms with van der Waals surface area (Å²) in [6.45, 7) is 2.04. The van der Waals surface area contributed by atoms with Gasteiger partial charge in [-0.1, -0.05) is 24.3 Å². The smallest absolute Gasteiger partial charge is 0.251 e. The molecule has 0 aliphatic carbocycles. The molecule has 2 heterocycles. The molecule has 3 rings (SSSR count). The maximum atomic E-state index is 12.4. The molecule has 23 heavy (non-hydrogen) atoms. The first-order valence-electron chi connectivity index (χ1n) is 7.24. The number of benzene rings is 1. The molecule has 118 valence electrons. The van der Waals surface area contributed by atoms with E-state index in [4.69, 9.17) is 0 Å². The summed E-state index contributed by atoms with van der Waals surface area (Å²) < 4.78 is 0. The van der Waals surface area contributed by atoms with Crippen molar-refractivity contribution in [2.24, 2.45) is 0 Å². The third kappa shape index (κ3) is 3.22. The fraction of sp³-hybridized carbons (Fsp3) is 0.167. The largest absolute Gasteiger partial charge is 0.378 e. The van der Waals surface area contributed by atoms with Crippen LogP contribution in [0.15, 0.2) is 58.6 Å². The van der Waals surface area contributed by atoms with E-state index in [9.17, 15) is 9.90 Å². The van der Waals surface area contributed by atoms with E-state index in [1.807, 2.05) is 59.5 Å². The molecular formula is C18H17NO2S2. The topological polar surface area (TPSA) is 49.3 Å². The van der Waals surface area contributed by atoms with Gasteiger partial charge in [0.05, 0.1) is 6.54 Å². The van der Waals surface area contributed by atoms with Crippen molar-refractivity contribution in [1.29, 1.82) is 0 Å². The second kappa shape index (κ2) is 6.66. The summed E-state index contributed by atoms with van der Waals surface area (Å²) in [7, 11) is 0. The average Bonchev–Trinajstić information content (AvgIpc) is 3.25. The molecule has 3 nitrogen and oxygen atoms in total. The van der Waals surface area contributed by atoms with E-state index < -0.39 is 5.60 Å². The van der Waals surface area contributed by atoms with Gasteiger partial charge in [-0.25, -0.2) is 0 Å². The fourth-order valence-electron chi connectivity index (χ4n) is 2.48. The van der Waals surface area contributed by atoms with Crippen LogP contribution < -0.4 is 5.32 Å². The summed E-state index contributed by atoms with van der Waals surface area (Å²) in [4.78, 5) is 13.3. The molecule has 2 aromatic heterocycles. The molecule has 0 bridgehead atoms. The standard InChI is InChI=1S/C18H17NO2S2/c1-13-5-2-3-6-15(13)17(20)19-12-18(21,14-8-10-22-11-14)16-7-4-9-23-16/h2-11,21H,12H2,1H3,(H,19,20)/t18-/m1/s1. The Morgan fingerprint density at radius 2 is 2.00 bits per heavy atom. The number of hydrogen-bond donors (Lipinski definition) is 2. The number of carbonyl (C=O) groups is 1. The van der Waals surface area contributed by atoms with Gasteiger partial charge in [-0.3, -0.25) is 4.79 Å². The first-order valence-corrected chi connectivity index (χ1v) is 9.06. The van der Waals surface area contributed by atoms with Gasteiger partial charge in [-0.15, -0.1) is 11.3 Å². The van der Waals surface area contributed by atoms with Crippen LogP contribution in [-0.2, 0) is 5.60 Å². The summed E-state index contributed by atoms with van der Waals surface area (Å²) in [6, 6.07) is 13.1. The van der Waals surface area contributed by atoms with Crippen molar-refractivity contribution in [2.45, 2.75) is 12.5 Å². The number of hydrogen-bond acceptors (Lipinski definition) is 4. The molecule has 0 fully saturated rings. The van der Waals surface area contributed by atoms with E-state index in [0.717, 1.165) is 16.0 Å². The molecular weight excluding hydrogens is 326 g/mol. The van der Waals surface area contributed by atoms with E-state index in [2.05, 4.69) is 5.32 Å². The van der Waals surface area contributed by atoms with E-state index in [1.54, 1.807) is 6.07 Å². The maximum Gasteiger partial charge on any atom is 0.251 e. The molecule has 2 N–H and O–H groups in total. The molecule has 0 saturated heterocycles. The van der Waals surface area contributed by atoms with Crippen molar-refractivity contribution in [1.82, 2.24) is 5.32 Å². The Bertz CT molecular complexity index is 745. The number of aliphatic hydroxyl groups is 1. The van der Waals surface area contributed by atoms with Crippen molar-refractivity contribution < 1.29 is 9.90 Å². The van der Waals surface area contributed by atoms with E-state index >= 15 is 0 Å². The van der Waals surface area contributed by atoms with Gasteiger partial charge in [0.15, 0.2) is 0 Å². The zero-order valence-corrected chi connectivity index (χ0v) is 14.3. The number of nitrogens with one attached hydrogen (secondary N) is 1.